The SMILES string of the molecule is CCCOCc1c(F)cc(Br)cc1F. The van der Waals surface area contributed by atoms with Crippen LogP contribution in [0.5, 0.6) is 0 Å². The van der Waals surface area contributed by atoms with Crippen LogP contribution in [0.3, 0.4) is 0 Å². The Morgan fingerprint density at radius 3 is 2.36 bits per heavy atom. The van der Waals surface area contributed by atoms with Crippen LogP contribution >= 0.6 is 15.9 Å². The highest BCUT2D eigenvalue weighted by Crippen LogP contribution is 2.19. The summed E-state index contributed by atoms with van der Waals surface area (Å²) in [5.41, 5.74) is -0.0124. The van der Waals surface area contributed by atoms with Gasteiger partial charge in [0.25, 0.3) is 0 Å². The van der Waals surface area contributed by atoms with Gasteiger partial charge in [0, 0.05) is 16.6 Å². The van der Waals surface area contributed by atoms with E-state index < -0.39 is 11.6 Å². The van der Waals surface area contributed by atoms with Crippen molar-refractivity contribution in [3.05, 3.63) is 33.8 Å². The molecule has 1 rings (SSSR count). The Balaban J connectivity index is 2.75. The van der Waals surface area contributed by atoms with Gasteiger partial charge in [0.1, 0.15) is 11.6 Å². The Kier molecular flexibility index (Phi) is 4.48. The maximum absolute atomic E-state index is 13.2. The van der Waals surface area contributed by atoms with Crippen molar-refractivity contribution in [1.29, 1.82) is 0 Å². The summed E-state index contributed by atoms with van der Waals surface area (Å²) >= 11 is 3.01. The molecular formula is C10H11BrF2O. The third-order valence-corrected chi connectivity index (χ3v) is 2.16. The number of hydrogen-bond donors (Lipinski definition) is 0. The van der Waals surface area contributed by atoms with Gasteiger partial charge in [-0.1, -0.05) is 22.9 Å². The maximum Gasteiger partial charge on any atom is 0.132 e. The predicted molar refractivity (Wildman–Crippen MR) is 54.0 cm³/mol. The zero-order chi connectivity index (χ0) is 10.6. The minimum Gasteiger partial charge on any atom is -0.377 e. The van der Waals surface area contributed by atoms with Crippen molar-refractivity contribution in [2.24, 2.45) is 0 Å². The molecule has 0 aliphatic carbocycles. The van der Waals surface area contributed by atoms with E-state index in [1.54, 1.807) is 0 Å². The molecule has 0 amide bonds. The van der Waals surface area contributed by atoms with Gasteiger partial charge >= 0.3 is 0 Å². The monoisotopic (exact) mass is 264 g/mol. The van der Waals surface area contributed by atoms with Crippen molar-refractivity contribution >= 4 is 15.9 Å². The first-order valence-electron chi connectivity index (χ1n) is 4.36. The summed E-state index contributed by atoms with van der Waals surface area (Å²) in [6.07, 6.45) is 0.833. The molecule has 0 saturated carbocycles. The molecule has 4 heteroatoms. The van der Waals surface area contributed by atoms with Crippen LogP contribution < -0.4 is 0 Å². The quantitative estimate of drug-likeness (QED) is 0.755. The van der Waals surface area contributed by atoms with Gasteiger partial charge in [-0.3, -0.25) is 0 Å². The molecule has 0 aliphatic rings. The average molecular weight is 265 g/mol. The van der Waals surface area contributed by atoms with Crippen LogP contribution in [-0.2, 0) is 11.3 Å². The molecule has 0 radical (unpaired) electrons. The van der Waals surface area contributed by atoms with Gasteiger partial charge in [0.15, 0.2) is 0 Å². The summed E-state index contributed by atoms with van der Waals surface area (Å²) in [6.45, 7) is 2.43. The molecule has 0 aromatic heterocycles. The van der Waals surface area contributed by atoms with Crippen molar-refractivity contribution in [2.75, 3.05) is 6.61 Å². The van der Waals surface area contributed by atoms with E-state index in [9.17, 15) is 8.78 Å². The van der Waals surface area contributed by atoms with Crippen LogP contribution in [0, 0.1) is 11.6 Å². The van der Waals surface area contributed by atoms with Crippen LogP contribution in [0.15, 0.2) is 16.6 Å². The first kappa shape index (κ1) is 11.6. The molecule has 0 bridgehead atoms. The van der Waals surface area contributed by atoms with Gasteiger partial charge in [-0.15, -0.1) is 0 Å². The highest BCUT2D eigenvalue weighted by molar-refractivity contribution is 9.10. The molecule has 14 heavy (non-hydrogen) atoms. The Morgan fingerprint density at radius 1 is 1.29 bits per heavy atom. The third-order valence-electron chi connectivity index (χ3n) is 1.70. The fourth-order valence-electron chi connectivity index (χ4n) is 1.03. The maximum atomic E-state index is 13.2. The van der Waals surface area contributed by atoms with Gasteiger partial charge < -0.3 is 4.74 Å². The number of rotatable bonds is 4. The van der Waals surface area contributed by atoms with E-state index in [4.69, 9.17) is 4.74 Å². The van der Waals surface area contributed by atoms with Crippen LogP contribution in [-0.4, -0.2) is 6.61 Å². The standard InChI is InChI=1S/C10H11BrF2O/c1-2-3-14-6-8-9(12)4-7(11)5-10(8)13/h4-5H,2-3,6H2,1H3. The second-order valence-corrected chi connectivity index (χ2v) is 3.82. The number of hydrogen-bond acceptors (Lipinski definition) is 1. The molecule has 0 saturated heterocycles. The van der Waals surface area contributed by atoms with Gasteiger partial charge in [-0.2, -0.15) is 0 Å². The van der Waals surface area contributed by atoms with Gasteiger partial charge in [-0.25, -0.2) is 8.78 Å². The Bertz CT molecular complexity index is 292. The molecular weight excluding hydrogens is 254 g/mol. The van der Waals surface area contributed by atoms with E-state index >= 15 is 0 Å². The van der Waals surface area contributed by atoms with E-state index in [-0.39, 0.29) is 12.2 Å². The second kappa shape index (κ2) is 5.41. The Labute approximate surface area is 90.2 Å². The molecule has 1 aromatic rings. The number of ether oxygens (including phenoxy) is 1. The van der Waals surface area contributed by atoms with Crippen molar-refractivity contribution in [1.82, 2.24) is 0 Å². The highest BCUT2D eigenvalue weighted by atomic mass is 79.9. The number of halogens is 3. The van der Waals surface area contributed by atoms with Crippen molar-refractivity contribution in [3.63, 3.8) is 0 Å². The molecule has 0 spiro atoms. The van der Waals surface area contributed by atoms with E-state index in [2.05, 4.69) is 15.9 Å². The topological polar surface area (TPSA) is 9.23 Å². The zero-order valence-corrected chi connectivity index (χ0v) is 9.40. The second-order valence-electron chi connectivity index (χ2n) is 2.90. The lowest BCUT2D eigenvalue weighted by molar-refractivity contribution is 0.116. The first-order valence-corrected chi connectivity index (χ1v) is 5.15. The third kappa shape index (κ3) is 3.03. The molecule has 1 aromatic carbocycles. The summed E-state index contributed by atoms with van der Waals surface area (Å²) in [6, 6.07) is 2.46. The lowest BCUT2D eigenvalue weighted by atomic mass is 10.2. The van der Waals surface area contributed by atoms with E-state index in [1.165, 1.54) is 12.1 Å². The van der Waals surface area contributed by atoms with E-state index in [1.807, 2.05) is 6.92 Å². The Morgan fingerprint density at radius 2 is 1.86 bits per heavy atom. The lowest BCUT2D eigenvalue weighted by Crippen LogP contribution is -2.00. The van der Waals surface area contributed by atoms with Gasteiger partial charge in [0.2, 0.25) is 0 Å². The van der Waals surface area contributed by atoms with Crippen LogP contribution in [0.1, 0.15) is 18.9 Å². The fourth-order valence-corrected chi connectivity index (χ4v) is 1.43. The van der Waals surface area contributed by atoms with Crippen LogP contribution in [0.4, 0.5) is 8.78 Å². The molecule has 0 N–H and O–H groups in total. The number of benzene rings is 1. The molecule has 0 fully saturated rings. The molecule has 0 aliphatic heterocycles. The van der Waals surface area contributed by atoms with Crippen molar-refractivity contribution in [3.8, 4) is 0 Å². The molecule has 0 atom stereocenters. The molecule has 0 unspecified atom stereocenters. The van der Waals surface area contributed by atoms with Crippen LogP contribution in [0.25, 0.3) is 0 Å². The summed E-state index contributed by atoms with van der Waals surface area (Å²) < 4.78 is 31.8. The summed E-state index contributed by atoms with van der Waals surface area (Å²) in [4.78, 5) is 0. The summed E-state index contributed by atoms with van der Waals surface area (Å²) in [5, 5.41) is 0. The molecule has 78 valence electrons. The van der Waals surface area contributed by atoms with Gasteiger partial charge in [-0.05, 0) is 18.6 Å². The fraction of sp³-hybridized carbons (Fsp3) is 0.400. The average Bonchev–Trinajstić information content (AvgIpc) is 2.09. The zero-order valence-electron chi connectivity index (χ0n) is 7.82. The summed E-state index contributed by atoms with van der Waals surface area (Å²) in [7, 11) is 0. The smallest absolute Gasteiger partial charge is 0.132 e. The van der Waals surface area contributed by atoms with Crippen LogP contribution in [0.2, 0.25) is 0 Å². The molecule has 1 nitrogen and oxygen atoms in total. The Hall–Kier alpha value is -0.480. The highest BCUT2D eigenvalue weighted by Gasteiger charge is 2.09. The predicted octanol–water partition coefficient (Wildman–Crippen LogP) is 3.65. The minimum atomic E-state index is -0.576. The van der Waals surface area contributed by atoms with Crippen molar-refractivity contribution in [2.45, 2.75) is 20.0 Å². The van der Waals surface area contributed by atoms with E-state index in [0.717, 1.165) is 6.42 Å². The minimum absolute atomic E-state index is 0.0124. The summed E-state index contributed by atoms with van der Waals surface area (Å²) in [5.74, 6) is -1.15. The first-order chi connectivity index (χ1) is 6.65. The normalized spacial score (nSPS) is 10.6. The lowest BCUT2D eigenvalue weighted by Gasteiger charge is -2.06. The molecule has 0 heterocycles. The van der Waals surface area contributed by atoms with Gasteiger partial charge in [0.05, 0.1) is 6.61 Å². The van der Waals surface area contributed by atoms with Crippen molar-refractivity contribution < 1.29 is 13.5 Å². The largest absolute Gasteiger partial charge is 0.377 e. The van der Waals surface area contributed by atoms with E-state index in [0.29, 0.717) is 11.1 Å².